The van der Waals surface area contributed by atoms with Gasteiger partial charge in [-0.1, -0.05) is 33.0 Å². The minimum Gasteiger partial charge on any atom is -0.293 e. The SMILES string of the molecule is CCCCN=C1CC1S[Si](C)(C)C. The summed E-state index contributed by atoms with van der Waals surface area (Å²) in [6, 6.07) is 0. The highest BCUT2D eigenvalue weighted by Gasteiger charge is 2.36. The van der Waals surface area contributed by atoms with Crippen molar-refractivity contribution in [2.24, 2.45) is 4.99 Å². The molecule has 1 unspecified atom stereocenters. The number of aliphatic imine (C=N–C) groups is 1. The summed E-state index contributed by atoms with van der Waals surface area (Å²) in [5.74, 6) is 0. The lowest BCUT2D eigenvalue weighted by Crippen LogP contribution is -2.15. The third-order valence-corrected chi connectivity index (χ3v) is 6.33. The first-order valence-electron chi connectivity index (χ1n) is 5.24. The molecule has 1 atom stereocenters. The Morgan fingerprint density at radius 1 is 1.46 bits per heavy atom. The van der Waals surface area contributed by atoms with Crippen LogP contribution in [0.15, 0.2) is 4.99 Å². The Morgan fingerprint density at radius 3 is 2.69 bits per heavy atom. The van der Waals surface area contributed by atoms with Gasteiger partial charge in [-0.3, -0.25) is 4.99 Å². The zero-order valence-electron chi connectivity index (χ0n) is 9.26. The van der Waals surface area contributed by atoms with Gasteiger partial charge in [0.05, 0.1) is 0 Å². The zero-order chi connectivity index (χ0) is 9.90. The van der Waals surface area contributed by atoms with E-state index in [2.05, 4.69) is 42.8 Å². The molecule has 0 saturated heterocycles. The maximum absolute atomic E-state index is 4.61. The molecule has 1 aliphatic rings. The van der Waals surface area contributed by atoms with E-state index in [9.17, 15) is 0 Å². The van der Waals surface area contributed by atoms with Crippen LogP contribution in [0.3, 0.4) is 0 Å². The van der Waals surface area contributed by atoms with Crippen molar-refractivity contribution in [3.63, 3.8) is 0 Å². The van der Waals surface area contributed by atoms with Crippen LogP contribution in [0.5, 0.6) is 0 Å². The topological polar surface area (TPSA) is 12.4 Å². The van der Waals surface area contributed by atoms with E-state index in [0.717, 1.165) is 11.8 Å². The van der Waals surface area contributed by atoms with Crippen molar-refractivity contribution < 1.29 is 0 Å². The van der Waals surface area contributed by atoms with Crippen LogP contribution in [0.4, 0.5) is 0 Å². The van der Waals surface area contributed by atoms with Gasteiger partial charge in [-0.15, -0.1) is 0 Å². The average Bonchev–Trinajstić information content (AvgIpc) is 2.65. The molecule has 0 aromatic carbocycles. The molecule has 0 aliphatic heterocycles. The van der Waals surface area contributed by atoms with Crippen molar-refractivity contribution in [2.75, 3.05) is 6.54 Å². The first-order valence-corrected chi connectivity index (χ1v) is 10.3. The van der Waals surface area contributed by atoms with Crippen molar-refractivity contribution in [1.29, 1.82) is 0 Å². The monoisotopic (exact) mass is 215 g/mol. The molecular weight excluding hydrogens is 194 g/mol. The third-order valence-electron chi connectivity index (χ3n) is 1.93. The Kier molecular flexibility index (Phi) is 4.04. The molecule has 1 fully saturated rings. The third kappa shape index (κ3) is 4.86. The van der Waals surface area contributed by atoms with Gasteiger partial charge >= 0.3 is 0 Å². The average molecular weight is 215 g/mol. The van der Waals surface area contributed by atoms with E-state index in [4.69, 9.17) is 0 Å². The zero-order valence-corrected chi connectivity index (χ0v) is 11.1. The molecule has 1 nitrogen and oxygen atoms in total. The highest BCUT2D eigenvalue weighted by Crippen LogP contribution is 2.37. The first-order chi connectivity index (χ1) is 6.03. The summed E-state index contributed by atoms with van der Waals surface area (Å²) in [5, 5.41) is 0.809. The van der Waals surface area contributed by atoms with E-state index in [1.165, 1.54) is 25.0 Å². The van der Waals surface area contributed by atoms with Gasteiger partial charge in [0, 0.05) is 23.9 Å². The van der Waals surface area contributed by atoms with Crippen molar-refractivity contribution in [3.05, 3.63) is 0 Å². The van der Waals surface area contributed by atoms with Gasteiger partial charge in [0.15, 0.2) is 0 Å². The number of nitrogens with zero attached hydrogens (tertiary/aromatic N) is 1. The standard InChI is InChI=1S/C10H21NSSi/c1-5-6-7-11-9-8-10(9)12-13(2,3)4/h10H,5-8H2,1-4H3. The molecule has 1 aliphatic carbocycles. The fraction of sp³-hybridized carbons (Fsp3) is 0.900. The van der Waals surface area contributed by atoms with Crippen LogP contribution in [0.25, 0.3) is 0 Å². The highest BCUT2D eigenvalue weighted by atomic mass is 32.4. The van der Waals surface area contributed by atoms with Gasteiger partial charge in [-0.05, 0) is 6.42 Å². The van der Waals surface area contributed by atoms with Crippen LogP contribution in [0, 0.1) is 0 Å². The van der Waals surface area contributed by atoms with E-state index in [1.807, 2.05) is 0 Å². The lowest BCUT2D eigenvalue weighted by atomic mass is 10.3. The number of unbranched alkanes of at least 4 members (excludes halogenated alkanes) is 1. The second-order valence-electron chi connectivity index (χ2n) is 4.65. The molecule has 0 spiro atoms. The maximum atomic E-state index is 4.61. The van der Waals surface area contributed by atoms with Gasteiger partial charge < -0.3 is 0 Å². The second-order valence-corrected chi connectivity index (χ2v) is 14.1. The van der Waals surface area contributed by atoms with Gasteiger partial charge in [-0.25, -0.2) is 0 Å². The summed E-state index contributed by atoms with van der Waals surface area (Å²) in [4.78, 5) is 4.61. The van der Waals surface area contributed by atoms with E-state index in [0.29, 0.717) is 0 Å². The summed E-state index contributed by atoms with van der Waals surface area (Å²) >= 11 is 2.20. The summed E-state index contributed by atoms with van der Waals surface area (Å²) in [7, 11) is -0.911. The fourth-order valence-electron chi connectivity index (χ4n) is 1.21. The van der Waals surface area contributed by atoms with Crippen LogP contribution >= 0.6 is 11.2 Å². The number of rotatable bonds is 5. The maximum Gasteiger partial charge on any atom is 0.109 e. The molecule has 0 radical (unpaired) electrons. The van der Waals surface area contributed by atoms with Gasteiger partial charge in [0.1, 0.15) is 7.22 Å². The van der Waals surface area contributed by atoms with Gasteiger partial charge in [0.25, 0.3) is 0 Å². The molecule has 3 heteroatoms. The molecule has 0 aromatic rings. The molecule has 1 rings (SSSR count). The molecule has 0 heterocycles. The van der Waals surface area contributed by atoms with E-state index < -0.39 is 7.22 Å². The smallest absolute Gasteiger partial charge is 0.109 e. The van der Waals surface area contributed by atoms with Gasteiger partial charge in [-0.2, -0.15) is 11.2 Å². The lowest BCUT2D eigenvalue weighted by molar-refractivity contribution is 0.809. The van der Waals surface area contributed by atoms with Crippen molar-refractivity contribution in [1.82, 2.24) is 0 Å². The largest absolute Gasteiger partial charge is 0.293 e. The molecule has 1 saturated carbocycles. The number of hydrogen-bond acceptors (Lipinski definition) is 2. The molecule has 0 amide bonds. The van der Waals surface area contributed by atoms with Crippen molar-refractivity contribution in [3.8, 4) is 0 Å². The van der Waals surface area contributed by atoms with Crippen molar-refractivity contribution in [2.45, 2.75) is 51.1 Å². The minimum atomic E-state index is -0.911. The highest BCUT2D eigenvalue weighted by molar-refractivity contribution is 8.29. The van der Waals surface area contributed by atoms with Crippen LogP contribution in [0.2, 0.25) is 19.6 Å². The Bertz CT molecular complexity index is 196. The van der Waals surface area contributed by atoms with Crippen LogP contribution < -0.4 is 0 Å². The first kappa shape index (κ1) is 11.3. The number of hydrogen-bond donors (Lipinski definition) is 0. The Hall–Kier alpha value is 0.237. The summed E-state index contributed by atoms with van der Waals surface area (Å²) < 4.78 is 0. The van der Waals surface area contributed by atoms with E-state index >= 15 is 0 Å². The Morgan fingerprint density at radius 2 is 2.15 bits per heavy atom. The normalized spacial score (nSPS) is 25.2. The van der Waals surface area contributed by atoms with Crippen LogP contribution in [-0.2, 0) is 0 Å². The summed E-state index contributed by atoms with van der Waals surface area (Å²) in [6.45, 7) is 10.5. The van der Waals surface area contributed by atoms with Crippen molar-refractivity contribution >= 4 is 24.1 Å². The summed E-state index contributed by atoms with van der Waals surface area (Å²) in [6.07, 6.45) is 3.80. The molecule has 0 aromatic heterocycles. The molecule has 13 heavy (non-hydrogen) atoms. The fourth-order valence-corrected chi connectivity index (χ4v) is 5.75. The molecular formula is C10H21NSSi. The summed E-state index contributed by atoms with van der Waals surface area (Å²) in [5.41, 5.74) is 1.49. The molecule has 76 valence electrons. The second kappa shape index (κ2) is 4.65. The predicted octanol–water partition coefficient (Wildman–Crippen LogP) is 3.57. The minimum absolute atomic E-state index is 0.809. The Balaban J connectivity index is 2.18. The van der Waals surface area contributed by atoms with Crippen LogP contribution in [-0.4, -0.2) is 24.7 Å². The molecule has 0 bridgehead atoms. The van der Waals surface area contributed by atoms with E-state index in [1.54, 1.807) is 0 Å². The Labute approximate surface area is 87.1 Å². The van der Waals surface area contributed by atoms with Crippen LogP contribution in [0.1, 0.15) is 26.2 Å². The van der Waals surface area contributed by atoms with Gasteiger partial charge in [0.2, 0.25) is 0 Å². The quantitative estimate of drug-likeness (QED) is 0.504. The lowest BCUT2D eigenvalue weighted by Gasteiger charge is -2.13. The molecule has 0 N–H and O–H groups in total. The predicted molar refractivity (Wildman–Crippen MR) is 66.6 cm³/mol. The van der Waals surface area contributed by atoms with E-state index in [-0.39, 0.29) is 0 Å².